The molecule has 152 valence electrons. The molecule has 1 aliphatic heterocycles. The van der Waals surface area contributed by atoms with Crippen LogP contribution in [0.1, 0.15) is 41.6 Å². The highest BCUT2D eigenvalue weighted by Gasteiger charge is 2.45. The molecule has 1 heterocycles. The Morgan fingerprint density at radius 2 is 1.69 bits per heavy atom. The molecule has 0 bridgehead atoms. The molecule has 0 N–H and O–H groups in total. The second-order valence-corrected chi connectivity index (χ2v) is 7.27. The van der Waals surface area contributed by atoms with Crippen LogP contribution in [0, 0.1) is 11.6 Å². The Kier molecular flexibility index (Phi) is 5.22. The van der Waals surface area contributed by atoms with Crippen LogP contribution < -0.4 is 9.47 Å². The van der Waals surface area contributed by atoms with Crippen LogP contribution in [-0.2, 0) is 14.9 Å². The van der Waals surface area contributed by atoms with E-state index >= 15 is 0 Å². The van der Waals surface area contributed by atoms with Crippen LogP contribution in [0.25, 0.3) is 0 Å². The van der Waals surface area contributed by atoms with E-state index in [9.17, 15) is 18.4 Å². The molecule has 2 aliphatic rings. The SMILES string of the molecule is O=C(COC(=O)C1(c2ccc3c(c2)OCCO3)CCCC1)c1cc(F)ccc1F. The molecule has 29 heavy (non-hydrogen) atoms. The van der Waals surface area contributed by atoms with E-state index in [0.29, 0.717) is 37.6 Å². The third kappa shape index (κ3) is 3.69. The third-order valence-corrected chi connectivity index (χ3v) is 5.51. The van der Waals surface area contributed by atoms with Crippen molar-refractivity contribution >= 4 is 11.8 Å². The van der Waals surface area contributed by atoms with Crippen molar-refractivity contribution in [3.8, 4) is 11.5 Å². The van der Waals surface area contributed by atoms with E-state index in [2.05, 4.69) is 0 Å². The topological polar surface area (TPSA) is 61.8 Å². The molecular formula is C22H20F2O5. The lowest BCUT2D eigenvalue weighted by Gasteiger charge is -2.28. The molecule has 1 aliphatic carbocycles. The first-order valence-electron chi connectivity index (χ1n) is 9.55. The summed E-state index contributed by atoms with van der Waals surface area (Å²) in [5.74, 6) is -1.72. The van der Waals surface area contributed by atoms with Crippen molar-refractivity contribution in [1.29, 1.82) is 0 Å². The minimum Gasteiger partial charge on any atom is -0.486 e. The number of carbonyl (C=O) groups is 2. The first-order chi connectivity index (χ1) is 14.0. The number of ketones is 1. The van der Waals surface area contributed by atoms with Crippen molar-refractivity contribution in [2.75, 3.05) is 19.8 Å². The molecule has 1 fully saturated rings. The zero-order chi connectivity index (χ0) is 20.4. The summed E-state index contributed by atoms with van der Waals surface area (Å²) < 4.78 is 43.6. The van der Waals surface area contributed by atoms with Crippen LogP contribution in [0.3, 0.4) is 0 Å². The molecule has 0 atom stereocenters. The Hall–Kier alpha value is -2.96. The predicted octanol–water partition coefficient (Wildman–Crippen LogP) is 3.97. The zero-order valence-corrected chi connectivity index (χ0v) is 15.7. The van der Waals surface area contributed by atoms with Gasteiger partial charge in [-0.25, -0.2) is 8.78 Å². The molecular weight excluding hydrogens is 382 g/mol. The quantitative estimate of drug-likeness (QED) is 0.559. The summed E-state index contributed by atoms with van der Waals surface area (Å²) in [6, 6.07) is 7.97. The van der Waals surface area contributed by atoms with Gasteiger partial charge in [-0.05, 0) is 48.7 Å². The summed E-state index contributed by atoms with van der Waals surface area (Å²) in [6.07, 6.45) is 2.84. The van der Waals surface area contributed by atoms with Crippen molar-refractivity contribution in [3.05, 3.63) is 59.2 Å². The van der Waals surface area contributed by atoms with Gasteiger partial charge >= 0.3 is 5.97 Å². The smallest absolute Gasteiger partial charge is 0.317 e. The van der Waals surface area contributed by atoms with Crippen molar-refractivity contribution in [2.45, 2.75) is 31.1 Å². The highest BCUT2D eigenvalue weighted by molar-refractivity contribution is 5.98. The number of rotatable bonds is 5. The minimum atomic E-state index is -0.892. The van der Waals surface area contributed by atoms with Crippen LogP contribution in [0.2, 0.25) is 0 Å². The van der Waals surface area contributed by atoms with E-state index in [-0.39, 0.29) is 0 Å². The van der Waals surface area contributed by atoms with E-state index in [1.54, 1.807) is 12.1 Å². The molecule has 5 nitrogen and oxygen atoms in total. The van der Waals surface area contributed by atoms with E-state index in [1.807, 2.05) is 6.07 Å². The minimum absolute atomic E-state index is 0.432. The summed E-state index contributed by atoms with van der Waals surface area (Å²) in [5.41, 5.74) is -0.581. The van der Waals surface area contributed by atoms with Crippen molar-refractivity contribution in [3.63, 3.8) is 0 Å². The molecule has 0 spiro atoms. The van der Waals surface area contributed by atoms with Crippen LogP contribution in [-0.4, -0.2) is 31.6 Å². The van der Waals surface area contributed by atoms with E-state index in [4.69, 9.17) is 14.2 Å². The van der Waals surface area contributed by atoms with Gasteiger partial charge in [-0.15, -0.1) is 0 Å². The maximum Gasteiger partial charge on any atom is 0.317 e. The molecule has 4 rings (SSSR count). The normalized spacial score (nSPS) is 17.0. The largest absolute Gasteiger partial charge is 0.486 e. The number of halogens is 2. The molecule has 0 unspecified atom stereocenters. The summed E-state index contributed by atoms with van der Waals surface area (Å²) in [4.78, 5) is 25.3. The van der Waals surface area contributed by atoms with Crippen LogP contribution in [0.15, 0.2) is 36.4 Å². The van der Waals surface area contributed by atoms with Crippen LogP contribution >= 0.6 is 0 Å². The Labute approximate surface area is 166 Å². The lowest BCUT2D eigenvalue weighted by atomic mass is 9.78. The second kappa shape index (κ2) is 7.81. The van der Waals surface area contributed by atoms with Crippen LogP contribution in [0.5, 0.6) is 11.5 Å². The van der Waals surface area contributed by atoms with Crippen LogP contribution in [0.4, 0.5) is 8.78 Å². The molecule has 1 saturated carbocycles. The number of hydrogen-bond acceptors (Lipinski definition) is 5. The average molecular weight is 402 g/mol. The van der Waals surface area contributed by atoms with Gasteiger partial charge in [0.05, 0.1) is 11.0 Å². The summed E-state index contributed by atoms with van der Waals surface area (Å²) in [5, 5.41) is 0. The van der Waals surface area contributed by atoms with Gasteiger partial charge in [0.25, 0.3) is 0 Å². The summed E-state index contributed by atoms with van der Waals surface area (Å²) >= 11 is 0. The number of esters is 1. The van der Waals surface area contributed by atoms with Crippen molar-refractivity contribution < 1.29 is 32.6 Å². The highest BCUT2D eigenvalue weighted by Crippen LogP contribution is 2.45. The number of Topliss-reactive ketones (excluding diaryl/α,β-unsaturated/α-hetero) is 1. The second-order valence-electron chi connectivity index (χ2n) is 7.27. The molecule has 7 heteroatoms. The highest BCUT2D eigenvalue weighted by atomic mass is 19.1. The van der Waals surface area contributed by atoms with E-state index < -0.39 is 41.0 Å². The number of ether oxygens (including phenoxy) is 3. The van der Waals surface area contributed by atoms with E-state index in [1.165, 1.54) is 0 Å². The number of carbonyl (C=O) groups excluding carboxylic acids is 2. The maximum atomic E-state index is 13.8. The van der Waals surface area contributed by atoms with Gasteiger partial charge in [-0.3, -0.25) is 9.59 Å². The molecule has 2 aromatic carbocycles. The average Bonchev–Trinajstić information content (AvgIpc) is 3.24. The molecule has 2 aromatic rings. The fourth-order valence-electron chi connectivity index (χ4n) is 3.99. The fourth-order valence-corrected chi connectivity index (χ4v) is 3.99. The first kappa shape index (κ1) is 19.4. The fraction of sp³-hybridized carbons (Fsp3) is 0.364. The lowest BCUT2D eigenvalue weighted by Crippen LogP contribution is -2.36. The van der Waals surface area contributed by atoms with Crippen molar-refractivity contribution in [2.24, 2.45) is 0 Å². The summed E-state index contributed by atoms with van der Waals surface area (Å²) in [7, 11) is 0. The number of benzene rings is 2. The van der Waals surface area contributed by atoms with Gasteiger partial charge in [0.2, 0.25) is 5.78 Å². The molecule has 0 radical (unpaired) electrons. The van der Waals surface area contributed by atoms with Gasteiger partial charge < -0.3 is 14.2 Å². The van der Waals surface area contributed by atoms with Crippen molar-refractivity contribution in [1.82, 2.24) is 0 Å². The molecule has 0 aromatic heterocycles. The molecule has 0 amide bonds. The van der Waals surface area contributed by atoms with Gasteiger partial charge in [0, 0.05) is 0 Å². The first-order valence-corrected chi connectivity index (χ1v) is 9.55. The van der Waals surface area contributed by atoms with Gasteiger partial charge in [-0.2, -0.15) is 0 Å². The Bertz CT molecular complexity index is 950. The van der Waals surface area contributed by atoms with E-state index in [0.717, 1.165) is 36.6 Å². The molecule has 0 saturated heterocycles. The van der Waals surface area contributed by atoms with Gasteiger partial charge in [0.15, 0.2) is 18.1 Å². The predicted molar refractivity (Wildman–Crippen MR) is 99.2 cm³/mol. The Balaban J connectivity index is 1.53. The Morgan fingerprint density at radius 3 is 2.45 bits per heavy atom. The monoisotopic (exact) mass is 402 g/mol. The Morgan fingerprint density at radius 1 is 0.966 bits per heavy atom. The third-order valence-electron chi connectivity index (χ3n) is 5.51. The zero-order valence-electron chi connectivity index (χ0n) is 15.7. The lowest BCUT2D eigenvalue weighted by molar-refractivity contribution is -0.149. The maximum absolute atomic E-state index is 13.8. The standard InChI is InChI=1S/C22H20F2O5/c23-15-4-5-17(24)16(12-15)18(25)13-29-21(26)22(7-1-2-8-22)14-3-6-19-20(11-14)28-10-9-27-19/h3-6,11-12H,1-2,7-10,13H2. The van der Waals surface area contributed by atoms with Gasteiger partial charge in [-0.1, -0.05) is 18.9 Å². The summed E-state index contributed by atoms with van der Waals surface area (Å²) in [6.45, 7) is 0.255. The number of fused-ring (bicyclic) bond motifs is 1. The van der Waals surface area contributed by atoms with Gasteiger partial charge in [0.1, 0.15) is 24.8 Å². The number of hydrogen-bond donors (Lipinski definition) is 0.